The number of rotatable bonds is 3. The number of piperidine rings is 1. The molecule has 5 nitrogen and oxygen atoms in total. The van der Waals surface area contributed by atoms with Crippen LogP contribution in [0.4, 0.5) is 5.69 Å². The lowest BCUT2D eigenvalue weighted by Gasteiger charge is -2.32. The predicted octanol–water partition coefficient (Wildman–Crippen LogP) is 0.837. The summed E-state index contributed by atoms with van der Waals surface area (Å²) in [6, 6.07) is 3.74. The van der Waals surface area contributed by atoms with Crippen molar-refractivity contribution in [2.24, 2.45) is 11.7 Å². The summed E-state index contributed by atoms with van der Waals surface area (Å²) < 4.78 is 0. The minimum absolute atomic E-state index is 0.0739. The summed E-state index contributed by atoms with van der Waals surface area (Å²) in [5.41, 5.74) is 6.99. The van der Waals surface area contributed by atoms with Crippen LogP contribution in [0.5, 0.6) is 0 Å². The molecular weight excluding hydrogens is 230 g/mol. The Bertz CT molecular complexity index is 417. The minimum Gasteiger partial charge on any atom is -0.387 e. The molecule has 5 heteroatoms. The van der Waals surface area contributed by atoms with Crippen LogP contribution in [0.25, 0.3) is 0 Å². The molecule has 2 atom stereocenters. The third-order valence-corrected chi connectivity index (χ3v) is 3.39. The highest BCUT2D eigenvalue weighted by Crippen LogP contribution is 2.23. The average molecular weight is 249 g/mol. The number of amides is 1. The third-order valence-electron chi connectivity index (χ3n) is 3.39. The standard InChI is InChI=1S/C13H19N3O2/c1-9(17)12-5-4-11(7-15-12)16-6-2-3-10(8-16)13(14)18/h4-5,7,9-10,17H,2-3,6,8H2,1H3,(H2,14,18)/t9-,10?/m1/s1. The Hall–Kier alpha value is -1.62. The molecule has 0 bridgehead atoms. The number of aromatic nitrogens is 1. The smallest absolute Gasteiger partial charge is 0.222 e. The van der Waals surface area contributed by atoms with Gasteiger partial charge in [0.15, 0.2) is 0 Å². The maximum Gasteiger partial charge on any atom is 0.222 e. The van der Waals surface area contributed by atoms with Crippen molar-refractivity contribution in [3.05, 3.63) is 24.0 Å². The van der Waals surface area contributed by atoms with E-state index in [-0.39, 0.29) is 11.8 Å². The molecule has 0 spiro atoms. The highest BCUT2D eigenvalue weighted by atomic mass is 16.3. The van der Waals surface area contributed by atoms with Gasteiger partial charge in [0.1, 0.15) is 0 Å². The fourth-order valence-corrected chi connectivity index (χ4v) is 2.28. The predicted molar refractivity (Wildman–Crippen MR) is 69.0 cm³/mol. The molecular formula is C13H19N3O2. The maximum absolute atomic E-state index is 11.2. The highest BCUT2D eigenvalue weighted by molar-refractivity contribution is 5.77. The summed E-state index contributed by atoms with van der Waals surface area (Å²) in [6.07, 6.45) is 3.01. The van der Waals surface area contributed by atoms with Crippen LogP contribution in [0.3, 0.4) is 0 Å². The van der Waals surface area contributed by atoms with E-state index >= 15 is 0 Å². The summed E-state index contributed by atoms with van der Waals surface area (Å²) in [5.74, 6) is -0.302. The number of hydrogen-bond acceptors (Lipinski definition) is 4. The number of carbonyl (C=O) groups is 1. The van der Waals surface area contributed by atoms with E-state index < -0.39 is 6.10 Å². The fourth-order valence-electron chi connectivity index (χ4n) is 2.28. The molecule has 1 amide bonds. The first-order valence-electron chi connectivity index (χ1n) is 6.26. The number of carbonyl (C=O) groups excluding carboxylic acids is 1. The van der Waals surface area contributed by atoms with Crippen molar-refractivity contribution in [3.8, 4) is 0 Å². The summed E-state index contributed by atoms with van der Waals surface area (Å²) in [7, 11) is 0. The molecule has 1 saturated heterocycles. The van der Waals surface area contributed by atoms with Crippen molar-refractivity contribution in [3.63, 3.8) is 0 Å². The SMILES string of the molecule is C[C@@H](O)c1ccc(N2CCCC(C(N)=O)C2)cn1. The fraction of sp³-hybridized carbons (Fsp3) is 0.538. The van der Waals surface area contributed by atoms with Gasteiger partial charge in [0, 0.05) is 13.1 Å². The second-order valence-corrected chi connectivity index (χ2v) is 4.80. The van der Waals surface area contributed by atoms with Crippen LogP contribution in [0.2, 0.25) is 0 Å². The van der Waals surface area contributed by atoms with Crippen LogP contribution in [0.1, 0.15) is 31.6 Å². The zero-order chi connectivity index (χ0) is 13.1. The zero-order valence-electron chi connectivity index (χ0n) is 10.5. The molecule has 2 rings (SSSR count). The summed E-state index contributed by atoms with van der Waals surface area (Å²) >= 11 is 0. The van der Waals surface area contributed by atoms with Gasteiger partial charge in [-0.2, -0.15) is 0 Å². The summed E-state index contributed by atoms with van der Waals surface area (Å²) in [4.78, 5) is 17.6. The Morgan fingerprint density at radius 2 is 2.39 bits per heavy atom. The zero-order valence-corrected chi connectivity index (χ0v) is 10.5. The van der Waals surface area contributed by atoms with Gasteiger partial charge in [0.2, 0.25) is 5.91 Å². The van der Waals surface area contributed by atoms with Crippen molar-refractivity contribution in [2.75, 3.05) is 18.0 Å². The average Bonchev–Trinajstić information content (AvgIpc) is 2.39. The second kappa shape index (κ2) is 5.35. The van der Waals surface area contributed by atoms with Gasteiger partial charge in [-0.05, 0) is 31.9 Å². The van der Waals surface area contributed by atoms with Gasteiger partial charge in [-0.25, -0.2) is 0 Å². The van der Waals surface area contributed by atoms with Crippen LogP contribution >= 0.6 is 0 Å². The van der Waals surface area contributed by atoms with Crippen molar-refractivity contribution in [1.82, 2.24) is 4.98 Å². The highest BCUT2D eigenvalue weighted by Gasteiger charge is 2.24. The number of anilines is 1. The minimum atomic E-state index is -0.557. The van der Waals surface area contributed by atoms with Crippen LogP contribution in [-0.2, 0) is 4.79 Å². The van der Waals surface area contributed by atoms with Gasteiger partial charge in [-0.15, -0.1) is 0 Å². The largest absolute Gasteiger partial charge is 0.387 e. The quantitative estimate of drug-likeness (QED) is 0.831. The number of aliphatic hydroxyl groups is 1. The summed E-state index contributed by atoms with van der Waals surface area (Å²) in [6.45, 7) is 3.26. The van der Waals surface area contributed by atoms with E-state index in [2.05, 4.69) is 9.88 Å². The molecule has 0 aromatic carbocycles. The molecule has 1 unspecified atom stereocenters. The van der Waals surface area contributed by atoms with E-state index in [1.54, 1.807) is 13.1 Å². The number of hydrogen-bond donors (Lipinski definition) is 2. The molecule has 1 fully saturated rings. The van der Waals surface area contributed by atoms with Crippen LogP contribution in [-0.4, -0.2) is 29.1 Å². The molecule has 3 N–H and O–H groups in total. The Kier molecular flexibility index (Phi) is 3.81. The maximum atomic E-state index is 11.2. The van der Waals surface area contributed by atoms with Crippen molar-refractivity contribution in [2.45, 2.75) is 25.9 Å². The van der Waals surface area contributed by atoms with Crippen molar-refractivity contribution < 1.29 is 9.90 Å². The number of pyridine rings is 1. The summed E-state index contributed by atoms with van der Waals surface area (Å²) in [5, 5.41) is 9.40. The van der Waals surface area contributed by atoms with Gasteiger partial charge in [0.25, 0.3) is 0 Å². The number of nitrogens with two attached hydrogens (primary N) is 1. The van der Waals surface area contributed by atoms with Gasteiger partial charge < -0.3 is 15.7 Å². The second-order valence-electron chi connectivity index (χ2n) is 4.80. The number of nitrogens with zero attached hydrogens (tertiary/aromatic N) is 2. The van der Waals surface area contributed by atoms with Crippen molar-refractivity contribution in [1.29, 1.82) is 0 Å². The molecule has 0 radical (unpaired) electrons. The number of primary amides is 1. The van der Waals surface area contributed by atoms with Gasteiger partial charge in [-0.1, -0.05) is 0 Å². The molecule has 1 aliphatic heterocycles. The van der Waals surface area contributed by atoms with Crippen LogP contribution in [0.15, 0.2) is 18.3 Å². The Balaban J connectivity index is 2.09. The van der Waals surface area contributed by atoms with E-state index in [1.807, 2.05) is 12.1 Å². The molecule has 98 valence electrons. The van der Waals surface area contributed by atoms with E-state index in [0.29, 0.717) is 12.2 Å². The normalized spacial score (nSPS) is 21.7. The Labute approximate surface area is 107 Å². The Morgan fingerprint density at radius 3 is 2.94 bits per heavy atom. The van der Waals surface area contributed by atoms with Crippen molar-refractivity contribution >= 4 is 11.6 Å². The molecule has 2 heterocycles. The lowest BCUT2D eigenvalue weighted by Crippen LogP contribution is -2.41. The molecule has 0 aliphatic carbocycles. The third kappa shape index (κ3) is 2.79. The first-order chi connectivity index (χ1) is 8.58. The number of aliphatic hydroxyl groups excluding tert-OH is 1. The molecule has 1 aromatic heterocycles. The monoisotopic (exact) mass is 249 g/mol. The van der Waals surface area contributed by atoms with E-state index in [4.69, 9.17) is 5.73 Å². The van der Waals surface area contributed by atoms with Gasteiger partial charge >= 0.3 is 0 Å². The van der Waals surface area contributed by atoms with Crippen LogP contribution < -0.4 is 10.6 Å². The molecule has 0 saturated carbocycles. The van der Waals surface area contributed by atoms with E-state index in [9.17, 15) is 9.90 Å². The van der Waals surface area contributed by atoms with Crippen LogP contribution in [0, 0.1) is 5.92 Å². The molecule has 1 aromatic rings. The molecule has 18 heavy (non-hydrogen) atoms. The first kappa shape index (κ1) is 12.8. The van der Waals surface area contributed by atoms with Gasteiger partial charge in [-0.3, -0.25) is 9.78 Å². The molecule has 1 aliphatic rings. The topological polar surface area (TPSA) is 79.5 Å². The van der Waals surface area contributed by atoms with Gasteiger partial charge in [0.05, 0.1) is 29.6 Å². The van der Waals surface area contributed by atoms with E-state index in [1.165, 1.54) is 0 Å². The Morgan fingerprint density at radius 1 is 1.61 bits per heavy atom. The lowest BCUT2D eigenvalue weighted by molar-refractivity contribution is -0.122. The first-order valence-corrected chi connectivity index (χ1v) is 6.26. The van der Waals surface area contributed by atoms with E-state index in [0.717, 1.165) is 25.1 Å². The lowest BCUT2D eigenvalue weighted by atomic mass is 9.97.